The molecule has 0 radical (unpaired) electrons. The number of sulfone groups is 1. The van der Waals surface area contributed by atoms with Gasteiger partial charge in [0.1, 0.15) is 11.4 Å². The predicted octanol–water partition coefficient (Wildman–Crippen LogP) is 9.99. The van der Waals surface area contributed by atoms with Gasteiger partial charge in [-0.15, -0.1) is 0 Å². The molecule has 0 aliphatic carbocycles. The van der Waals surface area contributed by atoms with Crippen molar-refractivity contribution in [1.29, 1.82) is 0 Å². The van der Waals surface area contributed by atoms with Crippen LogP contribution in [0.5, 0.6) is 0 Å². The molecule has 0 aliphatic heterocycles. The number of hydrogen-bond donors (Lipinski definition) is 0. The molecule has 0 atom stereocenters. The minimum absolute atomic E-state index is 0.0568. The van der Waals surface area contributed by atoms with Crippen molar-refractivity contribution < 1.29 is 34.8 Å². The van der Waals surface area contributed by atoms with Crippen molar-refractivity contribution >= 4 is 70.8 Å². The van der Waals surface area contributed by atoms with Crippen LogP contribution in [0.1, 0.15) is 28.1 Å². The lowest BCUT2D eigenvalue weighted by molar-refractivity contribution is -0.141. The summed E-state index contributed by atoms with van der Waals surface area (Å²) < 4.78 is 101. The van der Waals surface area contributed by atoms with Crippen LogP contribution in [-0.4, -0.2) is 18.4 Å². The number of nitrogens with zero attached hydrogens (tertiary/aromatic N) is 2. The number of rotatable bonds is 4. The van der Waals surface area contributed by atoms with E-state index in [0.29, 0.717) is 16.3 Å². The molecule has 0 amide bonds. The number of benzene rings is 3. The average Bonchev–Trinajstić information content (AvgIpc) is 2.92. The normalized spacial score (nSPS) is 12.3. The number of halogens is 9. The molecular weight excluding hydrogens is 705 g/mol. The van der Waals surface area contributed by atoms with Crippen molar-refractivity contribution in [3.63, 3.8) is 0 Å². The Labute approximate surface area is 260 Å². The Morgan fingerprint density at radius 2 is 1.14 bits per heavy atom. The Balaban J connectivity index is 0.000000215. The van der Waals surface area contributed by atoms with Crippen molar-refractivity contribution in [1.82, 2.24) is 9.97 Å². The molecule has 0 spiro atoms. The molecule has 2 aromatic heterocycles. The molecule has 0 bridgehead atoms. The van der Waals surface area contributed by atoms with Crippen molar-refractivity contribution in [2.24, 2.45) is 0 Å². The van der Waals surface area contributed by atoms with Crippen LogP contribution in [0.4, 0.5) is 26.3 Å². The molecule has 5 rings (SSSR count). The topological polar surface area (TPSA) is 59.9 Å². The first-order valence-corrected chi connectivity index (χ1v) is 15.7. The standard InChI is InChI=1S/C18H13ClF3NO2S.C11H6BrClF3N/c1-11-2-5-13(6-3-11)26(24,25)10-12-4-7-16-14(8-12)15(19)9-17(23-16)18(20,21)22;12-5-6-1-2-9-7(3-6)8(13)4-10(17-9)11(14,15)16/h2-9H,10H2,1H3;1-4H,5H2. The molecule has 0 aliphatic rings. The number of alkyl halides is 7. The maximum Gasteiger partial charge on any atom is 0.433 e. The Bertz CT molecular complexity index is 1920. The fourth-order valence-electron chi connectivity index (χ4n) is 3.98. The van der Waals surface area contributed by atoms with Crippen molar-refractivity contribution in [2.75, 3.05) is 0 Å². The number of aryl methyl sites for hydroxylation is 1. The zero-order valence-electron chi connectivity index (χ0n) is 21.9. The van der Waals surface area contributed by atoms with Gasteiger partial charge in [-0.25, -0.2) is 18.4 Å². The lowest BCUT2D eigenvalue weighted by atomic mass is 10.1. The SMILES string of the molecule is Cc1ccc(S(=O)(=O)Cc2ccc3nc(C(F)(F)F)cc(Cl)c3c2)cc1.FC(F)(F)c1cc(Cl)c2cc(CBr)ccc2n1. The Kier molecular flexibility index (Phi) is 9.65. The summed E-state index contributed by atoms with van der Waals surface area (Å²) >= 11 is 15.1. The monoisotopic (exact) mass is 722 g/mol. The molecule has 0 N–H and O–H groups in total. The first-order valence-electron chi connectivity index (χ1n) is 12.2. The molecule has 43 heavy (non-hydrogen) atoms. The van der Waals surface area contributed by atoms with Gasteiger partial charge in [0.2, 0.25) is 0 Å². The molecule has 2 heterocycles. The lowest BCUT2D eigenvalue weighted by Crippen LogP contribution is -2.08. The van der Waals surface area contributed by atoms with E-state index in [1.165, 1.54) is 36.4 Å². The summed E-state index contributed by atoms with van der Waals surface area (Å²) in [5.74, 6) is -0.288. The largest absolute Gasteiger partial charge is 0.433 e. The highest BCUT2D eigenvalue weighted by Crippen LogP contribution is 2.35. The van der Waals surface area contributed by atoms with Crippen LogP contribution in [0.3, 0.4) is 0 Å². The zero-order chi connectivity index (χ0) is 31.7. The van der Waals surface area contributed by atoms with Crippen LogP contribution in [0, 0.1) is 6.92 Å². The van der Waals surface area contributed by atoms with Gasteiger partial charge in [-0.1, -0.05) is 69.0 Å². The first kappa shape index (κ1) is 33.0. The molecule has 14 heteroatoms. The zero-order valence-corrected chi connectivity index (χ0v) is 25.8. The first-order chi connectivity index (χ1) is 20.0. The maximum atomic E-state index is 12.8. The third kappa shape index (κ3) is 7.97. The summed E-state index contributed by atoms with van der Waals surface area (Å²) in [6, 6.07) is 17.2. The summed E-state index contributed by atoms with van der Waals surface area (Å²) in [4.78, 5) is 7.29. The fraction of sp³-hybridized carbons (Fsp3) is 0.172. The van der Waals surface area contributed by atoms with Crippen LogP contribution < -0.4 is 0 Å². The summed E-state index contributed by atoms with van der Waals surface area (Å²) in [6.45, 7) is 1.85. The second-order valence-corrected chi connectivity index (χ2v) is 12.7. The maximum absolute atomic E-state index is 12.8. The highest BCUT2D eigenvalue weighted by atomic mass is 79.9. The van der Waals surface area contributed by atoms with Gasteiger partial charge < -0.3 is 0 Å². The van der Waals surface area contributed by atoms with E-state index >= 15 is 0 Å². The average molecular weight is 724 g/mol. The fourth-order valence-corrected chi connectivity index (χ4v) is 6.17. The van der Waals surface area contributed by atoms with Crippen molar-refractivity contribution in [3.8, 4) is 0 Å². The summed E-state index contributed by atoms with van der Waals surface area (Å²) in [5, 5.41) is 1.34. The number of pyridine rings is 2. The van der Waals surface area contributed by atoms with Gasteiger partial charge >= 0.3 is 12.4 Å². The van der Waals surface area contributed by atoms with Crippen LogP contribution in [0.2, 0.25) is 10.0 Å². The van der Waals surface area contributed by atoms with Crippen LogP contribution in [-0.2, 0) is 33.3 Å². The molecular formula is C29H19BrCl2F6N2O2S. The van der Waals surface area contributed by atoms with E-state index in [2.05, 4.69) is 25.9 Å². The molecule has 0 saturated carbocycles. The molecule has 0 fully saturated rings. The highest BCUT2D eigenvalue weighted by Gasteiger charge is 2.34. The number of aromatic nitrogens is 2. The van der Waals surface area contributed by atoms with Gasteiger partial charge in [-0.05, 0) is 66.6 Å². The Morgan fingerprint density at radius 1 is 0.698 bits per heavy atom. The minimum Gasteiger partial charge on any atom is -0.243 e. The highest BCUT2D eigenvalue weighted by molar-refractivity contribution is 9.08. The van der Waals surface area contributed by atoms with Crippen molar-refractivity contribution in [3.05, 3.63) is 111 Å². The molecule has 3 aromatic carbocycles. The van der Waals surface area contributed by atoms with E-state index in [4.69, 9.17) is 23.2 Å². The minimum atomic E-state index is -4.61. The number of hydrogen-bond acceptors (Lipinski definition) is 4. The second kappa shape index (κ2) is 12.6. The summed E-state index contributed by atoms with van der Waals surface area (Å²) in [7, 11) is -3.59. The smallest absolute Gasteiger partial charge is 0.243 e. The van der Waals surface area contributed by atoms with Crippen LogP contribution >= 0.6 is 39.1 Å². The summed E-state index contributed by atoms with van der Waals surface area (Å²) in [6.07, 6.45) is -9.09. The van der Waals surface area contributed by atoms with Crippen molar-refractivity contribution in [2.45, 2.75) is 35.3 Å². The van der Waals surface area contributed by atoms with E-state index in [0.717, 1.165) is 23.3 Å². The van der Waals surface area contributed by atoms with E-state index in [9.17, 15) is 34.8 Å². The van der Waals surface area contributed by atoms with Gasteiger partial charge in [-0.3, -0.25) is 0 Å². The molecule has 0 unspecified atom stereocenters. The van der Waals surface area contributed by atoms with Crippen LogP contribution in [0.25, 0.3) is 21.8 Å². The lowest BCUT2D eigenvalue weighted by Gasteiger charge is -2.10. The number of fused-ring (bicyclic) bond motifs is 2. The third-order valence-electron chi connectivity index (χ3n) is 6.12. The van der Waals surface area contributed by atoms with Crippen LogP contribution in [0.15, 0.2) is 77.7 Å². The summed E-state index contributed by atoms with van der Waals surface area (Å²) in [5.41, 5.74) is 0.530. The van der Waals surface area contributed by atoms with Gasteiger partial charge in [0.05, 0.1) is 31.7 Å². The van der Waals surface area contributed by atoms with E-state index < -0.39 is 33.6 Å². The van der Waals surface area contributed by atoms with E-state index in [1.54, 1.807) is 24.3 Å². The quantitative estimate of drug-likeness (QED) is 0.137. The molecule has 4 nitrogen and oxygen atoms in total. The van der Waals surface area contributed by atoms with Gasteiger partial charge in [0, 0.05) is 16.1 Å². The van der Waals surface area contributed by atoms with Gasteiger partial charge in [-0.2, -0.15) is 26.3 Å². The van der Waals surface area contributed by atoms with Gasteiger partial charge in [0.25, 0.3) is 0 Å². The molecule has 5 aromatic rings. The third-order valence-corrected chi connectivity index (χ3v) is 9.09. The van der Waals surface area contributed by atoms with E-state index in [1.807, 2.05) is 6.92 Å². The molecule has 0 saturated heterocycles. The predicted molar refractivity (Wildman–Crippen MR) is 158 cm³/mol. The van der Waals surface area contributed by atoms with Gasteiger partial charge in [0.15, 0.2) is 9.84 Å². The Hall–Kier alpha value is -2.93. The Morgan fingerprint density at radius 3 is 1.58 bits per heavy atom. The second-order valence-electron chi connectivity index (χ2n) is 9.38. The van der Waals surface area contributed by atoms with E-state index in [-0.39, 0.29) is 37.1 Å². The molecule has 226 valence electrons.